The summed E-state index contributed by atoms with van der Waals surface area (Å²) in [5.41, 5.74) is -0.433. The van der Waals surface area contributed by atoms with Crippen molar-refractivity contribution in [1.82, 2.24) is 5.32 Å². The molecule has 21 heavy (non-hydrogen) atoms. The molecule has 0 unspecified atom stereocenters. The van der Waals surface area contributed by atoms with E-state index in [1.807, 2.05) is 5.32 Å². The summed E-state index contributed by atoms with van der Waals surface area (Å²) in [6.45, 7) is 2.51. The van der Waals surface area contributed by atoms with E-state index in [1.54, 1.807) is 0 Å². The van der Waals surface area contributed by atoms with E-state index in [9.17, 15) is 18.8 Å². The van der Waals surface area contributed by atoms with Gasteiger partial charge in [-0.2, -0.15) is 0 Å². The summed E-state index contributed by atoms with van der Waals surface area (Å²) in [7, 11) is 0. The summed E-state index contributed by atoms with van der Waals surface area (Å²) >= 11 is 3.06. The van der Waals surface area contributed by atoms with Gasteiger partial charge in [0.25, 0.3) is 5.91 Å². The van der Waals surface area contributed by atoms with Crippen LogP contribution in [0.2, 0.25) is 0 Å². The zero-order valence-corrected chi connectivity index (χ0v) is 12.7. The van der Waals surface area contributed by atoms with E-state index >= 15 is 0 Å². The standard InChI is InChI=1S/C13H12BrFN2O4/c1-6(7(2)12(19)20)11(18)17-13(21)16-10-8(14)4-3-5-9(10)15/h3-5H,1-2H3,(H,19,20)(H2,16,17,18,21)/b7-6+. The van der Waals surface area contributed by atoms with Gasteiger partial charge in [-0.3, -0.25) is 10.1 Å². The molecule has 1 rings (SSSR count). The van der Waals surface area contributed by atoms with Crippen molar-refractivity contribution < 1.29 is 23.9 Å². The molecule has 0 aliphatic heterocycles. The van der Waals surface area contributed by atoms with Crippen molar-refractivity contribution in [1.29, 1.82) is 0 Å². The minimum absolute atomic E-state index is 0.120. The highest BCUT2D eigenvalue weighted by Crippen LogP contribution is 2.24. The summed E-state index contributed by atoms with van der Waals surface area (Å²) in [6, 6.07) is 3.13. The predicted octanol–water partition coefficient (Wildman–Crippen LogP) is 2.66. The smallest absolute Gasteiger partial charge is 0.331 e. The van der Waals surface area contributed by atoms with E-state index in [4.69, 9.17) is 5.11 Å². The Morgan fingerprint density at radius 3 is 2.33 bits per heavy atom. The number of carboxylic acids is 1. The van der Waals surface area contributed by atoms with Crippen LogP contribution >= 0.6 is 15.9 Å². The van der Waals surface area contributed by atoms with Crippen LogP contribution in [0.5, 0.6) is 0 Å². The van der Waals surface area contributed by atoms with E-state index < -0.39 is 23.7 Å². The topological polar surface area (TPSA) is 95.5 Å². The first-order chi connectivity index (χ1) is 9.73. The van der Waals surface area contributed by atoms with Crippen LogP contribution in [0.4, 0.5) is 14.9 Å². The number of rotatable bonds is 3. The summed E-state index contributed by atoms with van der Waals surface area (Å²) in [6.07, 6.45) is 0. The number of imide groups is 1. The van der Waals surface area contributed by atoms with Gasteiger partial charge in [-0.05, 0) is 41.9 Å². The summed E-state index contributed by atoms with van der Waals surface area (Å²) in [5.74, 6) is -2.82. The Kier molecular flexibility index (Phi) is 5.60. The Morgan fingerprint density at radius 1 is 1.19 bits per heavy atom. The fourth-order valence-electron chi connectivity index (χ4n) is 1.29. The van der Waals surface area contributed by atoms with Crippen molar-refractivity contribution in [2.24, 2.45) is 0 Å². The second-order valence-electron chi connectivity index (χ2n) is 4.06. The Balaban J connectivity index is 2.82. The summed E-state index contributed by atoms with van der Waals surface area (Å²) in [4.78, 5) is 34.0. The number of halogens is 2. The predicted molar refractivity (Wildman–Crippen MR) is 77.3 cm³/mol. The lowest BCUT2D eigenvalue weighted by Gasteiger charge is -2.10. The van der Waals surface area contributed by atoms with Crippen LogP contribution in [0.1, 0.15) is 13.8 Å². The van der Waals surface area contributed by atoms with Crippen molar-refractivity contribution in [2.45, 2.75) is 13.8 Å². The maximum Gasteiger partial charge on any atom is 0.331 e. The van der Waals surface area contributed by atoms with E-state index in [1.165, 1.54) is 26.0 Å². The molecule has 0 radical (unpaired) electrons. The molecule has 8 heteroatoms. The van der Waals surface area contributed by atoms with E-state index in [0.29, 0.717) is 4.47 Å². The van der Waals surface area contributed by atoms with Gasteiger partial charge in [0.05, 0.1) is 5.69 Å². The largest absolute Gasteiger partial charge is 0.478 e. The van der Waals surface area contributed by atoms with Crippen LogP contribution in [0.3, 0.4) is 0 Å². The number of carboxylic acid groups (broad SMARTS) is 1. The van der Waals surface area contributed by atoms with Crippen molar-refractivity contribution in [3.63, 3.8) is 0 Å². The molecule has 1 aromatic rings. The monoisotopic (exact) mass is 358 g/mol. The molecule has 0 saturated carbocycles. The molecule has 3 amide bonds. The zero-order chi connectivity index (χ0) is 16.2. The van der Waals surface area contributed by atoms with Crippen LogP contribution in [-0.4, -0.2) is 23.0 Å². The lowest BCUT2D eigenvalue weighted by Crippen LogP contribution is -2.35. The molecule has 0 fully saturated rings. The third kappa shape index (κ3) is 4.38. The molecule has 3 N–H and O–H groups in total. The maximum absolute atomic E-state index is 13.5. The van der Waals surface area contributed by atoms with Crippen molar-refractivity contribution in [2.75, 3.05) is 5.32 Å². The fourth-order valence-corrected chi connectivity index (χ4v) is 1.73. The zero-order valence-electron chi connectivity index (χ0n) is 11.2. The SMILES string of the molecule is C/C(C(=O)O)=C(/C)C(=O)NC(=O)Nc1c(F)cccc1Br. The molecule has 112 valence electrons. The van der Waals surface area contributed by atoms with Gasteiger partial charge in [0.15, 0.2) is 0 Å². The third-order valence-electron chi connectivity index (χ3n) is 2.65. The molecule has 0 aromatic heterocycles. The molecular formula is C13H12BrFN2O4. The van der Waals surface area contributed by atoms with Crippen LogP contribution in [0, 0.1) is 5.82 Å². The Bertz CT molecular complexity index is 623. The molecule has 0 heterocycles. The molecule has 6 nitrogen and oxygen atoms in total. The van der Waals surface area contributed by atoms with Gasteiger partial charge in [0.2, 0.25) is 0 Å². The first-order valence-electron chi connectivity index (χ1n) is 5.71. The maximum atomic E-state index is 13.5. The number of hydrogen-bond donors (Lipinski definition) is 3. The normalized spacial score (nSPS) is 11.4. The van der Waals surface area contributed by atoms with Crippen LogP contribution in [0.25, 0.3) is 0 Å². The molecule has 0 saturated heterocycles. The number of carbonyl (C=O) groups excluding carboxylic acids is 2. The molecule has 0 aliphatic carbocycles. The number of nitrogens with one attached hydrogen (secondary N) is 2. The van der Waals surface area contributed by atoms with Gasteiger partial charge < -0.3 is 10.4 Å². The number of anilines is 1. The van der Waals surface area contributed by atoms with Gasteiger partial charge >= 0.3 is 12.0 Å². The second kappa shape index (κ2) is 6.98. The number of amides is 3. The number of carbonyl (C=O) groups is 3. The Labute approximate surface area is 128 Å². The Morgan fingerprint density at radius 2 is 1.81 bits per heavy atom. The third-order valence-corrected chi connectivity index (χ3v) is 3.31. The average molecular weight is 359 g/mol. The first-order valence-corrected chi connectivity index (χ1v) is 6.50. The minimum atomic E-state index is -1.26. The lowest BCUT2D eigenvalue weighted by molar-refractivity contribution is -0.133. The van der Waals surface area contributed by atoms with Gasteiger partial charge in [-0.25, -0.2) is 14.0 Å². The minimum Gasteiger partial charge on any atom is -0.478 e. The van der Waals surface area contributed by atoms with Crippen molar-refractivity contribution in [3.05, 3.63) is 39.6 Å². The first kappa shape index (κ1) is 16.8. The van der Waals surface area contributed by atoms with Gasteiger partial charge in [0, 0.05) is 15.6 Å². The number of hydrogen-bond acceptors (Lipinski definition) is 3. The van der Waals surface area contributed by atoms with Gasteiger partial charge in [-0.1, -0.05) is 6.07 Å². The number of para-hydroxylation sites is 1. The summed E-state index contributed by atoms with van der Waals surface area (Å²) in [5, 5.41) is 12.8. The number of aliphatic carboxylic acids is 1. The van der Waals surface area contributed by atoms with Gasteiger partial charge in [-0.15, -0.1) is 0 Å². The highest BCUT2D eigenvalue weighted by molar-refractivity contribution is 9.10. The highest BCUT2D eigenvalue weighted by Gasteiger charge is 2.16. The quantitative estimate of drug-likeness (QED) is 0.723. The molecule has 0 bridgehead atoms. The summed E-state index contributed by atoms with van der Waals surface area (Å²) < 4.78 is 13.8. The average Bonchev–Trinajstić information content (AvgIpc) is 2.41. The van der Waals surface area contributed by atoms with E-state index in [2.05, 4.69) is 21.2 Å². The highest BCUT2D eigenvalue weighted by atomic mass is 79.9. The van der Waals surface area contributed by atoms with Crippen LogP contribution < -0.4 is 10.6 Å². The fraction of sp³-hybridized carbons (Fsp3) is 0.154. The molecule has 1 aromatic carbocycles. The van der Waals surface area contributed by atoms with Crippen molar-refractivity contribution >= 4 is 39.5 Å². The van der Waals surface area contributed by atoms with Crippen LogP contribution in [0.15, 0.2) is 33.8 Å². The molecular weight excluding hydrogens is 347 g/mol. The van der Waals surface area contributed by atoms with Crippen LogP contribution in [-0.2, 0) is 9.59 Å². The molecule has 0 aliphatic rings. The Hall–Kier alpha value is -2.22. The van der Waals surface area contributed by atoms with Gasteiger partial charge in [0.1, 0.15) is 5.82 Å². The number of urea groups is 1. The second-order valence-corrected chi connectivity index (χ2v) is 4.91. The van der Waals surface area contributed by atoms with E-state index in [-0.39, 0.29) is 16.8 Å². The van der Waals surface area contributed by atoms with Crippen molar-refractivity contribution in [3.8, 4) is 0 Å². The molecule has 0 atom stereocenters. The lowest BCUT2D eigenvalue weighted by atomic mass is 10.1. The van der Waals surface area contributed by atoms with E-state index in [0.717, 1.165) is 6.07 Å². The number of benzene rings is 1. The molecule has 0 spiro atoms.